The first-order valence-electron chi connectivity index (χ1n) is 5.82. The van der Waals surface area contributed by atoms with Crippen molar-refractivity contribution >= 4 is 27.0 Å². The number of phenolic OH excluding ortho intramolecular Hbond substituents is 1. The van der Waals surface area contributed by atoms with Crippen molar-refractivity contribution < 1.29 is 13.5 Å². The molecule has 1 aromatic carbocycles. The first kappa shape index (κ1) is 14.8. The summed E-state index contributed by atoms with van der Waals surface area (Å²) in [7, 11) is -3.71. The van der Waals surface area contributed by atoms with Crippen LogP contribution in [0.15, 0.2) is 28.5 Å². The number of sulfonamides is 1. The number of aromatic nitrogens is 1. The largest absolute Gasteiger partial charge is 0.506 e. The molecule has 0 radical (unpaired) electrons. The Morgan fingerprint density at radius 1 is 1.45 bits per heavy atom. The Bertz CT molecular complexity index is 725. The zero-order valence-electron chi connectivity index (χ0n) is 11.0. The molecule has 108 valence electrons. The van der Waals surface area contributed by atoms with E-state index < -0.39 is 16.1 Å². The van der Waals surface area contributed by atoms with Crippen LogP contribution in [0.3, 0.4) is 0 Å². The summed E-state index contributed by atoms with van der Waals surface area (Å²) in [6.45, 7) is 3.57. The van der Waals surface area contributed by atoms with E-state index in [4.69, 9.17) is 5.73 Å². The fourth-order valence-electron chi connectivity index (χ4n) is 1.62. The molecule has 0 aliphatic rings. The predicted octanol–water partition coefficient (Wildman–Crippen LogP) is 1.78. The average Bonchev–Trinajstić information content (AvgIpc) is 2.79. The van der Waals surface area contributed by atoms with E-state index in [1.54, 1.807) is 6.92 Å². The molecule has 0 fully saturated rings. The smallest absolute Gasteiger partial charge is 0.241 e. The van der Waals surface area contributed by atoms with Crippen LogP contribution in [0.25, 0.3) is 0 Å². The number of anilines is 1. The van der Waals surface area contributed by atoms with E-state index in [0.717, 1.165) is 5.69 Å². The molecular formula is C12H15N3O3S2. The number of phenols is 1. The zero-order valence-corrected chi connectivity index (χ0v) is 12.6. The Hall–Kier alpha value is -1.64. The van der Waals surface area contributed by atoms with Gasteiger partial charge >= 0.3 is 0 Å². The average molecular weight is 313 g/mol. The molecule has 1 atom stereocenters. The van der Waals surface area contributed by atoms with Crippen LogP contribution in [0.4, 0.5) is 5.69 Å². The topological polar surface area (TPSA) is 105 Å². The van der Waals surface area contributed by atoms with Gasteiger partial charge < -0.3 is 10.8 Å². The molecule has 0 spiro atoms. The van der Waals surface area contributed by atoms with E-state index in [-0.39, 0.29) is 16.3 Å². The monoisotopic (exact) mass is 313 g/mol. The van der Waals surface area contributed by atoms with E-state index >= 15 is 0 Å². The van der Waals surface area contributed by atoms with Crippen molar-refractivity contribution in [3.63, 3.8) is 0 Å². The van der Waals surface area contributed by atoms with E-state index in [1.807, 2.05) is 12.3 Å². The van der Waals surface area contributed by atoms with E-state index in [1.165, 1.54) is 29.5 Å². The SMILES string of the molecule is Cc1csc(C(C)NS(=O)(=O)c2ccc(O)c(N)c2)n1. The first-order chi connectivity index (χ1) is 9.29. The fraction of sp³-hybridized carbons (Fsp3) is 0.250. The standard InChI is InChI=1S/C12H15N3O3S2/c1-7-6-19-12(14-7)8(2)15-20(17,18)9-3-4-11(16)10(13)5-9/h3-6,8,15-16H,13H2,1-2H3. The van der Waals surface area contributed by atoms with Crippen molar-refractivity contribution in [1.29, 1.82) is 0 Å². The Labute approximate surface area is 121 Å². The Balaban J connectivity index is 2.24. The maximum atomic E-state index is 12.2. The highest BCUT2D eigenvalue weighted by Gasteiger charge is 2.20. The molecule has 1 unspecified atom stereocenters. The number of aromatic hydroxyl groups is 1. The maximum absolute atomic E-state index is 12.2. The minimum atomic E-state index is -3.71. The number of aryl methyl sites for hydroxylation is 1. The second-order valence-corrected chi connectivity index (χ2v) is 6.99. The number of nitrogens with two attached hydrogens (primary N) is 1. The van der Waals surface area contributed by atoms with Gasteiger partial charge in [0, 0.05) is 11.1 Å². The molecule has 4 N–H and O–H groups in total. The molecule has 8 heteroatoms. The summed E-state index contributed by atoms with van der Waals surface area (Å²) < 4.78 is 27.0. The fourth-order valence-corrected chi connectivity index (χ4v) is 3.74. The molecule has 20 heavy (non-hydrogen) atoms. The van der Waals surface area contributed by atoms with E-state index in [9.17, 15) is 13.5 Å². The summed E-state index contributed by atoms with van der Waals surface area (Å²) in [5.41, 5.74) is 6.38. The molecular weight excluding hydrogens is 298 g/mol. The van der Waals surface area contributed by atoms with Crippen molar-refractivity contribution in [1.82, 2.24) is 9.71 Å². The molecule has 1 heterocycles. The number of nitrogen functional groups attached to an aromatic ring is 1. The molecule has 0 aliphatic heterocycles. The van der Waals surface area contributed by atoms with Crippen LogP contribution in [-0.2, 0) is 10.0 Å². The minimum absolute atomic E-state index is 0.00734. The van der Waals surface area contributed by atoms with Crippen LogP contribution >= 0.6 is 11.3 Å². The first-order valence-corrected chi connectivity index (χ1v) is 8.19. The summed E-state index contributed by atoms with van der Waals surface area (Å²) in [6, 6.07) is 3.33. The number of thiazole rings is 1. The maximum Gasteiger partial charge on any atom is 0.241 e. The van der Waals surface area contributed by atoms with E-state index in [2.05, 4.69) is 9.71 Å². The van der Waals surface area contributed by atoms with Crippen molar-refractivity contribution in [2.45, 2.75) is 24.8 Å². The Kier molecular flexibility index (Phi) is 3.98. The third-order valence-corrected chi connectivity index (χ3v) is 5.33. The molecule has 2 rings (SSSR count). The van der Waals surface area contributed by atoms with Gasteiger partial charge in [0.25, 0.3) is 0 Å². The van der Waals surface area contributed by atoms with Gasteiger partial charge in [0.05, 0.1) is 16.6 Å². The van der Waals surface area contributed by atoms with Crippen molar-refractivity contribution in [3.05, 3.63) is 34.3 Å². The molecule has 0 bridgehead atoms. The van der Waals surface area contributed by atoms with Gasteiger partial charge in [-0.25, -0.2) is 18.1 Å². The zero-order chi connectivity index (χ0) is 14.9. The van der Waals surface area contributed by atoms with Crippen LogP contribution in [0, 0.1) is 6.92 Å². The van der Waals surface area contributed by atoms with Crippen molar-refractivity contribution in [3.8, 4) is 5.75 Å². The summed E-state index contributed by atoms with van der Waals surface area (Å²) >= 11 is 1.40. The lowest BCUT2D eigenvalue weighted by molar-refractivity contribution is 0.477. The summed E-state index contributed by atoms with van der Waals surface area (Å²) in [5.74, 6) is -0.146. The third-order valence-electron chi connectivity index (χ3n) is 2.65. The number of benzene rings is 1. The Morgan fingerprint density at radius 2 is 2.15 bits per heavy atom. The number of nitrogens with zero attached hydrogens (tertiary/aromatic N) is 1. The van der Waals surface area contributed by atoms with Crippen LogP contribution < -0.4 is 10.5 Å². The quantitative estimate of drug-likeness (QED) is 0.589. The lowest BCUT2D eigenvalue weighted by atomic mass is 10.3. The molecule has 6 nitrogen and oxygen atoms in total. The van der Waals surface area contributed by atoms with Gasteiger partial charge in [-0.15, -0.1) is 11.3 Å². The van der Waals surface area contributed by atoms with Crippen molar-refractivity contribution in [2.75, 3.05) is 5.73 Å². The van der Waals surface area contributed by atoms with Crippen LogP contribution in [0.1, 0.15) is 23.7 Å². The summed E-state index contributed by atoms with van der Waals surface area (Å²) in [5, 5.41) is 11.9. The molecule has 0 amide bonds. The highest BCUT2D eigenvalue weighted by molar-refractivity contribution is 7.89. The normalized spacial score (nSPS) is 13.3. The second kappa shape index (κ2) is 5.39. The van der Waals surface area contributed by atoms with Crippen LogP contribution in [0.5, 0.6) is 5.75 Å². The molecule has 2 aromatic rings. The third kappa shape index (κ3) is 3.09. The number of hydrogen-bond acceptors (Lipinski definition) is 6. The molecule has 0 aliphatic carbocycles. The van der Waals surface area contributed by atoms with Gasteiger partial charge in [0.2, 0.25) is 10.0 Å². The second-order valence-electron chi connectivity index (χ2n) is 4.39. The lowest BCUT2D eigenvalue weighted by Crippen LogP contribution is -2.26. The van der Waals surface area contributed by atoms with Gasteiger partial charge in [-0.1, -0.05) is 0 Å². The molecule has 0 saturated heterocycles. The highest BCUT2D eigenvalue weighted by atomic mass is 32.2. The van der Waals surface area contributed by atoms with Crippen LogP contribution in [-0.4, -0.2) is 18.5 Å². The highest BCUT2D eigenvalue weighted by Crippen LogP contribution is 2.25. The summed E-state index contributed by atoms with van der Waals surface area (Å²) in [6.07, 6.45) is 0. The lowest BCUT2D eigenvalue weighted by Gasteiger charge is -2.12. The summed E-state index contributed by atoms with van der Waals surface area (Å²) in [4.78, 5) is 4.25. The predicted molar refractivity (Wildman–Crippen MR) is 78.1 cm³/mol. The van der Waals surface area contributed by atoms with Gasteiger partial charge in [-0.2, -0.15) is 0 Å². The van der Waals surface area contributed by atoms with Gasteiger partial charge in [0.15, 0.2) is 0 Å². The van der Waals surface area contributed by atoms with Gasteiger partial charge in [0.1, 0.15) is 10.8 Å². The van der Waals surface area contributed by atoms with Crippen LogP contribution in [0.2, 0.25) is 0 Å². The van der Waals surface area contributed by atoms with Gasteiger partial charge in [-0.05, 0) is 32.0 Å². The number of hydrogen-bond donors (Lipinski definition) is 3. The molecule has 0 saturated carbocycles. The Morgan fingerprint density at radius 3 is 2.70 bits per heavy atom. The number of rotatable bonds is 4. The number of nitrogens with one attached hydrogen (secondary N) is 1. The molecule has 1 aromatic heterocycles. The van der Waals surface area contributed by atoms with Crippen molar-refractivity contribution in [2.24, 2.45) is 0 Å². The minimum Gasteiger partial charge on any atom is -0.506 e. The van der Waals surface area contributed by atoms with E-state index in [0.29, 0.717) is 5.01 Å². The van der Waals surface area contributed by atoms with Gasteiger partial charge in [-0.3, -0.25) is 0 Å².